The van der Waals surface area contributed by atoms with E-state index in [0.717, 1.165) is 34.2 Å². The minimum Gasteiger partial charge on any atom is -0.314 e. The average Bonchev–Trinajstić information content (AvgIpc) is 2.79. The number of hydrogen-bond acceptors (Lipinski definition) is 3. The van der Waals surface area contributed by atoms with Crippen LogP contribution in [0.1, 0.15) is 18.9 Å². The topological polar surface area (TPSA) is 62.1 Å². The molecule has 2 aliphatic rings. The lowest BCUT2D eigenvalue weighted by Crippen LogP contribution is -3.14. The normalized spacial score (nSPS) is 21.9. The van der Waals surface area contributed by atoms with Crippen molar-refractivity contribution in [3.8, 4) is 0 Å². The molecule has 1 saturated heterocycles. The number of urea groups is 1. The molecular formula is C17H20N3O3+. The molecule has 1 unspecified atom stereocenters. The Labute approximate surface area is 135 Å². The van der Waals surface area contributed by atoms with E-state index in [0.29, 0.717) is 0 Å². The van der Waals surface area contributed by atoms with Gasteiger partial charge < -0.3 is 4.90 Å². The molecule has 6 heteroatoms. The van der Waals surface area contributed by atoms with Gasteiger partial charge in [0.15, 0.2) is 6.67 Å². The molecule has 2 heterocycles. The minimum atomic E-state index is -0.713. The smallest absolute Gasteiger partial charge is 0.314 e. The van der Waals surface area contributed by atoms with E-state index in [1.165, 1.54) is 11.1 Å². The predicted octanol–water partition coefficient (Wildman–Crippen LogP) is 0.127. The molecule has 1 aromatic carbocycles. The number of amides is 4. The molecular weight excluding hydrogens is 294 g/mol. The lowest BCUT2D eigenvalue weighted by atomic mass is 10.00. The summed E-state index contributed by atoms with van der Waals surface area (Å²) < 4.78 is 0. The van der Waals surface area contributed by atoms with E-state index in [4.69, 9.17) is 0 Å². The second-order valence-electron chi connectivity index (χ2n) is 5.77. The third-order valence-electron chi connectivity index (χ3n) is 4.36. The van der Waals surface area contributed by atoms with Gasteiger partial charge in [-0.1, -0.05) is 30.3 Å². The van der Waals surface area contributed by atoms with Gasteiger partial charge in [0.1, 0.15) is 0 Å². The number of quaternary nitrogens is 1. The number of carbonyl (C=O) groups is 3. The highest BCUT2D eigenvalue weighted by Gasteiger charge is 2.45. The molecule has 0 bridgehead atoms. The fraction of sp³-hybridized carbons (Fsp3) is 0.353. The van der Waals surface area contributed by atoms with Crippen molar-refractivity contribution in [3.05, 3.63) is 42.0 Å². The first-order chi connectivity index (χ1) is 11.1. The van der Waals surface area contributed by atoms with E-state index in [-0.39, 0.29) is 13.2 Å². The maximum atomic E-state index is 12.1. The van der Waals surface area contributed by atoms with Crippen molar-refractivity contribution in [2.45, 2.75) is 13.3 Å². The van der Waals surface area contributed by atoms with Gasteiger partial charge in [-0.05, 0) is 24.1 Å². The first-order valence-electron chi connectivity index (χ1n) is 7.87. The fourth-order valence-corrected chi connectivity index (χ4v) is 3.03. The van der Waals surface area contributed by atoms with Crippen LogP contribution < -0.4 is 4.90 Å². The third-order valence-corrected chi connectivity index (χ3v) is 4.36. The summed E-state index contributed by atoms with van der Waals surface area (Å²) in [6.45, 7) is 3.74. The van der Waals surface area contributed by atoms with Crippen LogP contribution in [0.5, 0.6) is 0 Å². The Balaban J connectivity index is 1.65. The second kappa shape index (κ2) is 6.34. The molecule has 1 aromatic rings. The molecule has 6 nitrogen and oxygen atoms in total. The number of hydrogen-bond donors (Lipinski definition) is 1. The van der Waals surface area contributed by atoms with Crippen molar-refractivity contribution in [2.75, 3.05) is 26.3 Å². The molecule has 4 amide bonds. The summed E-state index contributed by atoms with van der Waals surface area (Å²) in [6, 6.07) is 9.70. The van der Waals surface area contributed by atoms with Crippen LogP contribution in [0.2, 0.25) is 0 Å². The Hall–Kier alpha value is -2.47. The molecule has 1 atom stereocenters. The highest BCUT2D eigenvalue weighted by Crippen LogP contribution is 2.18. The number of nitrogens with one attached hydrogen (secondary N) is 1. The number of nitrogens with zero attached hydrogens (tertiary/aromatic N) is 2. The highest BCUT2D eigenvalue weighted by atomic mass is 16.2. The third kappa shape index (κ3) is 2.90. The Bertz CT molecular complexity index is 669. The van der Waals surface area contributed by atoms with Crippen LogP contribution in [-0.2, 0) is 9.59 Å². The van der Waals surface area contributed by atoms with Crippen LogP contribution in [0.15, 0.2) is 36.4 Å². The molecule has 0 radical (unpaired) electrons. The molecule has 2 aliphatic heterocycles. The van der Waals surface area contributed by atoms with Crippen molar-refractivity contribution in [1.82, 2.24) is 9.80 Å². The summed E-state index contributed by atoms with van der Waals surface area (Å²) in [5, 5.41) is 0. The maximum absolute atomic E-state index is 12.1. The van der Waals surface area contributed by atoms with Gasteiger partial charge in [-0.15, -0.1) is 0 Å². The molecule has 1 fully saturated rings. The number of likely N-dealkylation sites (N-methyl/N-ethyl adjacent to an activating group) is 1. The van der Waals surface area contributed by atoms with Crippen LogP contribution in [0.4, 0.5) is 4.79 Å². The summed E-state index contributed by atoms with van der Waals surface area (Å²) in [5.74, 6) is -1.42. The van der Waals surface area contributed by atoms with Crippen molar-refractivity contribution in [3.63, 3.8) is 0 Å². The number of rotatable bonds is 4. The average molecular weight is 314 g/mol. The molecule has 120 valence electrons. The van der Waals surface area contributed by atoms with Crippen molar-refractivity contribution < 1.29 is 19.3 Å². The minimum absolute atomic E-state index is 0.229. The predicted molar refractivity (Wildman–Crippen MR) is 84.2 cm³/mol. The molecule has 0 spiro atoms. The zero-order valence-corrected chi connectivity index (χ0v) is 13.1. The van der Waals surface area contributed by atoms with Gasteiger partial charge in [-0.2, -0.15) is 0 Å². The molecule has 1 N–H and O–H groups in total. The quantitative estimate of drug-likeness (QED) is 0.635. The molecule has 0 aliphatic carbocycles. The lowest BCUT2D eigenvalue weighted by Gasteiger charge is -2.26. The van der Waals surface area contributed by atoms with E-state index in [2.05, 4.69) is 18.2 Å². The van der Waals surface area contributed by atoms with Gasteiger partial charge in [0.25, 0.3) is 0 Å². The van der Waals surface area contributed by atoms with Crippen molar-refractivity contribution >= 4 is 23.4 Å². The zero-order chi connectivity index (χ0) is 16.4. The summed E-state index contributed by atoms with van der Waals surface area (Å²) >= 11 is 0. The summed E-state index contributed by atoms with van der Waals surface area (Å²) in [7, 11) is 0. The van der Waals surface area contributed by atoms with E-state index in [9.17, 15) is 14.4 Å². The second-order valence-corrected chi connectivity index (χ2v) is 5.77. The molecule has 0 aromatic heterocycles. The number of carbonyl (C=O) groups excluding carboxylic acids is 3. The van der Waals surface area contributed by atoms with Crippen LogP contribution in [0, 0.1) is 0 Å². The SMILES string of the molecule is CCN1C(=O)C(=O)N(C[NH+]2CC=C(c3ccccc3)CC2)C1=O. The summed E-state index contributed by atoms with van der Waals surface area (Å²) in [4.78, 5) is 38.9. The lowest BCUT2D eigenvalue weighted by molar-refractivity contribution is -0.902. The van der Waals surface area contributed by atoms with E-state index in [1.807, 2.05) is 18.2 Å². The van der Waals surface area contributed by atoms with Gasteiger partial charge in [-0.3, -0.25) is 14.5 Å². The molecule has 23 heavy (non-hydrogen) atoms. The van der Waals surface area contributed by atoms with E-state index < -0.39 is 17.8 Å². The number of benzene rings is 1. The first-order valence-corrected chi connectivity index (χ1v) is 7.87. The van der Waals surface area contributed by atoms with Crippen molar-refractivity contribution in [2.24, 2.45) is 0 Å². The van der Waals surface area contributed by atoms with Crippen LogP contribution in [0.3, 0.4) is 0 Å². The van der Waals surface area contributed by atoms with Gasteiger partial charge in [-0.25, -0.2) is 9.69 Å². The largest absolute Gasteiger partial charge is 0.338 e. The zero-order valence-electron chi connectivity index (χ0n) is 13.1. The Morgan fingerprint density at radius 3 is 2.30 bits per heavy atom. The van der Waals surface area contributed by atoms with Gasteiger partial charge in [0, 0.05) is 13.0 Å². The molecule has 3 rings (SSSR count). The van der Waals surface area contributed by atoms with Crippen LogP contribution in [0.25, 0.3) is 5.57 Å². The maximum Gasteiger partial charge on any atom is 0.338 e. The Morgan fingerprint density at radius 1 is 1.04 bits per heavy atom. The Kier molecular flexibility index (Phi) is 4.25. The summed E-state index contributed by atoms with van der Waals surface area (Å²) in [5.41, 5.74) is 2.51. The summed E-state index contributed by atoms with van der Waals surface area (Å²) in [6.07, 6.45) is 3.04. The van der Waals surface area contributed by atoms with Crippen LogP contribution in [-0.4, -0.2) is 53.9 Å². The van der Waals surface area contributed by atoms with E-state index >= 15 is 0 Å². The van der Waals surface area contributed by atoms with Gasteiger partial charge in [0.2, 0.25) is 0 Å². The Morgan fingerprint density at radius 2 is 1.74 bits per heavy atom. The standard InChI is InChI=1S/C17H19N3O3/c1-2-19-15(21)16(22)20(17(19)23)12-18-10-8-14(9-11-18)13-6-4-3-5-7-13/h3-8H,2,9-12H2,1H3/p+1. The van der Waals surface area contributed by atoms with Crippen LogP contribution >= 0.6 is 0 Å². The van der Waals surface area contributed by atoms with Crippen molar-refractivity contribution in [1.29, 1.82) is 0 Å². The van der Waals surface area contributed by atoms with Gasteiger partial charge in [0.05, 0.1) is 13.1 Å². The van der Waals surface area contributed by atoms with Gasteiger partial charge >= 0.3 is 17.8 Å². The number of imide groups is 2. The van der Waals surface area contributed by atoms with E-state index in [1.54, 1.807) is 6.92 Å². The highest BCUT2D eigenvalue weighted by molar-refractivity contribution is 6.44. The first kappa shape index (κ1) is 15.4. The fourth-order valence-electron chi connectivity index (χ4n) is 3.03. The monoisotopic (exact) mass is 314 g/mol. The molecule has 0 saturated carbocycles.